The Morgan fingerprint density at radius 3 is 2.53 bits per heavy atom. The number of nitrogens with two attached hydrogens (primary N) is 1. The maximum atomic E-state index is 13.1. The quantitative estimate of drug-likeness (QED) is 0.523. The molecule has 2 aliphatic rings. The van der Waals surface area contributed by atoms with E-state index >= 15 is 0 Å². The van der Waals surface area contributed by atoms with Crippen LogP contribution in [0.4, 0.5) is 16.6 Å². The smallest absolute Gasteiger partial charge is 0.409 e. The summed E-state index contributed by atoms with van der Waals surface area (Å²) in [6, 6.07) is -0.0488. The van der Waals surface area contributed by atoms with Crippen LogP contribution in [0.3, 0.4) is 0 Å². The molecular formula is C23H29N9O4. The zero-order valence-electron chi connectivity index (χ0n) is 20.1. The monoisotopic (exact) mass is 495 g/mol. The topological polar surface area (TPSA) is 153 Å². The molecule has 2 saturated heterocycles. The number of morpholine rings is 1. The summed E-state index contributed by atoms with van der Waals surface area (Å²) in [5.41, 5.74) is 7.86. The fourth-order valence-corrected chi connectivity index (χ4v) is 4.37. The van der Waals surface area contributed by atoms with Crippen LogP contribution in [0.15, 0.2) is 24.8 Å². The van der Waals surface area contributed by atoms with Crippen LogP contribution in [0.1, 0.15) is 30.3 Å². The van der Waals surface area contributed by atoms with E-state index in [4.69, 9.17) is 20.2 Å². The first kappa shape index (κ1) is 23.7. The molecule has 5 rings (SSSR count). The van der Waals surface area contributed by atoms with E-state index < -0.39 is 0 Å². The number of fused-ring (bicyclic) bond motifs is 1. The summed E-state index contributed by atoms with van der Waals surface area (Å²) in [4.78, 5) is 46.4. The Bertz CT molecular complexity index is 1230. The minimum absolute atomic E-state index is 0.0488. The number of likely N-dealkylation sites (tertiary alicyclic amines) is 1. The summed E-state index contributed by atoms with van der Waals surface area (Å²) in [7, 11) is 0. The molecule has 0 aromatic carbocycles. The molecule has 0 aliphatic carbocycles. The number of carbonyl (C=O) groups excluding carboxylic acids is 2. The zero-order chi connectivity index (χ0) is 25.1. The number of nitrogen functional groups attached to an aromatic ring is 1. The van der Waals surface area contributed by atoms with Crippen LogP contribution in [0.25, 0.3) is 16.9 Å². The van der Waals surface area contributed by atoms with Crippen LogP contribution >= 0.6 is 0 Å². The van der Waals surface area contributed by atoms with Crippen LogP contribution in [-0.4, -0.2) is 93.3 Å². The third-order valence-electron chi connectivity index (χ3n) is 6.29. The Balaban J connectivity index is 1.38. The van der Waals surface area contributed by atoms with Gasteiger partial charge in [0.15, 0.2) is 11.5 Å². The van der Waals surface area contributed by atoms with Crippen molar-refractivity contribution in [3.8, 4) is 11.3 Å². The molecule has 5 heterocycles. The molecule has 190 valence electrons. The standard InChI is InChI=1S/C23H29N9O4/c1-2-36-23(34)31-5-3-16(4-6-31)27-21(33)18-14-32-13-17(15-11-25-22(24)26-12-15)28-19(20(32)29-18)30-7-9-35-10-8-30/h11-14,16H,2-10H2,1H3,(H,27,33)(H2,24,25,26). The van der Waals surface area contributed by atoms with E-state index in [1.807, 2.05) is 4.40 Å². The predicted octanol–water partition coefficient (Wildman–Crippen LogP) is 0.956. The van der Waals surface area contributed by atoms with Gasteiger partial charge in [-0.3, -0.25) is 4.79 Å². The Morgan fingerprint density at radius 1 is 1.11 bits per heavy atom. The molecule has 2 amide bonds. The van der Waals surface area contributed by atoms with Crippen molar-refractivity contribution < 1.29 is 19.1 Å². The summed E-state index contributed by atoms with van der Waals surface area (Å²) in [6.07, 6.45) is 7.73. The molecule has 3 N–H and O–H groups in total. The van der Waals surface area contributed by atoms with Crippen molar-refractivity contribution in [3.63, 3.8) is 0 Å². The largest absolute Gasteiger partial charge is 0.450 e. The average Bonchev–Trinajstić information content (AvgIpc) is 3.34. The minimum Gasteiger partial charge on any atom is -0.450 e. The molecule has 3 aromatic rings. The van der Waals surface area contributed by atoms with Crippen molar-refractivity contribution in [3.05, 3.63) is 30.5 Å². The van der Waals surface area contributed by atoms with Gasteiger partial charge in [0, 0.05) is 62.6 Å². The van der Waals surface area contributed by atoms with Crippen molar-refractivity contribution in [2.75, 3.05) is 56.6 Å². The predicted molar refractivity (Wildman–Crippen MR) is 131 cm³/mol. The molecule has 0 bridgehead atoms. The number of carbonyl (C=O) groups is 2. The zero-order valence-corrected chi connectivity index (χ0v) is 20.1. The molecule has 0 radical (unpaired) electrons. The van der Waals surface area contributed by atoms with E-state index in [0.29, 0.717) is 87.3 Å². The lowest BCUT2D eigenvalue weighted by atomic mass is 10.1. The van der Waals surface area contributed by atoms with Gasteiger partial charge in [0.1, 0.15) is 5.69 Å². The van der Waals surface area contributed by atoms with Crippen LogP contribution in [0, 0.1) is 0 Å². The van der Waals surface area contributed by atoms with Crippen molar-refractivity contribution in [1.29, 1.82) is 0 Å². The average molecular weight is 496 g/mol. The van der Waals surface area contributed by atoms with Gasteiger partial charge in [0.05, 0.1) is 25.5 Å². The van der Waals surface area contributed by atoms with Gasteiger partial charge in [-0.2, -0.15) is 0 Å². The second kappa shape index (κ2) is 10.3. The molecular weight excluding hydrogens is 466 g/mol. The number of aromatic nitrogens is 5. The van der Waals surface area contributed by atoms with Gasteiger partial charge >= 0.3 is 6.09 Å². The van der Waals surface area contributed by atoms with E-state index in [0.717, 1.165) is 0 Å². The molecule has 0 atom stereocenters. The molecule has 0 saturated carbocycles. The maximum absolute atomic E-state index is 13.1. The molecule has 36 heavy (non-hydrogen) atoms. The number of amides is 2. The highest BCUT2D eigenvalue weighted by atomic mass is 16.6. The van der Waals surface area contributed by atoms with Gasteiger partial charge < -0.3 is 34.7 Å². The third-order valence-corrected chi connectivity index (χ3v) is 6.29. The molecule has 13 heteroatoms. The Kier molecular flexibility index (Phi) is 6.80. The Morgan fingerprint density at radius 2 is 1.83 bits per heavy atom. The van der Waals surface area contributed by atoms with Crippen molar-refractivity contribution in [2.24, 2.45) is 0 Å². The van der Waals surface area contributed by atoms with E-state index in [-0.39, 0.29) is 24.0 Å². The fraction of sp³-hybridized carbons (Fsp3) is 0.478. The minimum atomic E-state index is -0.312. The number of rotatable bonds is 5. The van der Waals surface area contributed by atoms with E-state index in [1.54, 1.807) is 36.6 Å². The summed E-state index contributed by atoms with van der Waals surface area (Å²) >= 11 is 0. The highest BCUT2D eigenvalue weighted by molar-refractivity contribution is 5.93. The Labute approximate surface area is 207 Å². The molecule has 0 unspecified atom stereocenters. The number of piperidine rings is 1. The molecule has 0 spiro atoms. The first-order valence-corrected chi connectivity index (χ1v) is 12.0. The number of hydrogen-bond acceptors (Lipinski definition) is 10. The lowest BCUT2D eigenvalue weighted by Crippen LogP contribution is -2.46. The highest BCUT2D eigenvalue weighted by Crippen LogP contribution is 2.26. The molecule has 3 aromatic heterocycles. The van der Waals surface area contributed by atoms with E-state index in [2.05, 4.69) is 25.2 Å². The van der Waals surface area contributed by atoms with Crippen LogP contribution in [-0.2, 0) is 9.47 Å². The Hall–Kier alpha value is -4.00. The number of nitrogens with one attached hydrogen (secondary N) is 1. The number of hydrogen-bond donors (Lipinski definition) is 2. The van der Waals surface area contributed by atoms with E-state index in [9.17, 15) is 9.59 Å². The first-order valence-electron chi connectivity index (χ1n) is 12.0. The van der Waals surface area contributed by atoms with Crippen LogP contribution in [0.5, 0.6) is 0 Å². The van der Waals surface area contributed by atoms with E-state index in [1.165, 1.54) is 0 Å². The number of imidazole rings is 1. The summed E-state index contributed by atoms with van der Waals surface area (Å²) in [6.45, 7) is 5.70. The van der Waals surface area contributed by atoms with Gasteiger partial charge in [-0.05, 0) is 19.8 Å². The summed E-state index contributed by atoms with van der Waals surface area (Å²) in [5.74, 6) is 0.580. The lowest BCUT2D eigenvalue weighted by molar-refractivity contribution is 0.0857. The van der Waals surface area contributed by atoms with Crippen LogP contribution < -0.4 is 16.0 Å². The van der Waals surface area contributed by atoms with Crippen molar-refractivity contribution in [1.82, 2.24) is 34.6 Å². The number of nitrogens with zero attached hydrogens (tertiary/aromatic N) is 7. The molecule has 2 aliphatic heterocycles. The number of anilines is 2. The summed E-state index contributed by atoms with van der Waals surface area (Å²) < 4.78 is 12.4. The third kappa shape index (κ3) is 5.00. The fourth-order valence-electron chi connectivity index (χ4n) is 4.37. The number of ether oxygens (including phenoxy) is 2. The maximum Gasteiger partial charge on any atom is 0.409 e. The first-order chi connectivity index (χ1) is 17.5. The normalized spacial score (nSPS) is 16.8. The highest BCUT2D eigenvalue weighted by Gasteiger charge is 2.26. The van der Waals surface area contributed by atoms with Gasteiger partial charge in [0.2, 0.25) is 5.95 Å². The molecule has 2 fully saturated rings. The SMILES string of the molecule is CCOC(=O)N1CCC(NC(=O)c2cn3cc(-c4cnc(N)nc4)nc(N4CCOCC4)c3n2)CC1. The van der Waals surface area contributed by atoms with Crippen molar-refractivity contribution >= 4 is 29.4 Å². The summed E-state index contributed by atoms with van der Waals surface area (Å²) in [5, 5.41) is 3.06. The second-order valence-corrected chi connectivity index (χ2v) is 8.67. The van der Waals surface area contributed by atoms with Crippen LogP contribution in [0.2, 0.25) is 0 Å². The van der Waals surface area contributed by atoms with Gasteiger partial charge in [0.25, 0.3) is 5.91 Å². The second-order valence-electron chi connectivity index (χ2n) is 8.67. The van der Waals surface area contributed by atoms with Gasteiger partial charge in [-0.25, -0.2) is 24.7 Å². The van der Waals surface area contributed by atoms with Crippen molar-refractivity contribution in [2.45, 2.75) is 25.8 Å². The molecule has 13 nitrogen and oxygen atoms in total. The van der Waals surface area contributed by atoms with Gasteiger partial charge in [-0.15, -0.1) is 0 Å². The lowest BCUT2D eigenvalue weighted by Gasteiger charge is -2.31. The van der Waals surface area contributed by atoms with Gasteiger partial charge in [-0.1, -0.05) is 0 Å².